The minimum absolute atomic E-state index is 0.123. The Morgan fingerprint density at radius 1 is 1.25 bits per heavy atom. The number of morpholine rings is 1. The summed E-state index contributed by atoms with van der Waals surface area (Å²) in [5.41, 5.74) is 0.641. The van der Waals surface area contributed by atoms with Crippen LogP contribution in [0.4, 0.5) is 10.8 Å². The van der Waals surface area contributed by atoms with Crippen LogP contribution < -0.4 is 15.4 Å². The van der Waals surface area contributed by atoms with Crippen LogP contribution in [-0.4, -0.2) is 50.8 Å². The Labute approximate surface area is 168 Å². The van der Waals surface area contributed by atoms with Gasteiger partial charge >= 0.3 is 0 Å². The van der Waals surface area contributed by atoms with Crippen molar-refractivity contribution in [2.24, 2.45) is 5.14 Å². The van der Waals surface area contributed by atoms with Gasteiger partial charge in [-0.05, 0) is 18.2 Å². The average Bonchev–Trinajstić information content (AvgIpc) is 3.10. The highest BCUT2D eigenvalue weighted by atomic mass is 32.2. The van der Waals surface area contributed by atoms with E-state index < -0.39 is 15.9 Å². The molecule has 11 heteroatoms. The average molecular weight is 426 g/mol. The van der Waals surface area contributed by atoms with Gasteiger partial charge in [0, 0.05) is 24.2 Å². The molecule has 0 atom stereocenters. The van der Waals surface area contributed by atoms with Gasteiger partial charge in [0.25, 0.3) is 5.91 Å². The van der Waals surface area contributed by atoms with E-state index in [1.807, 2.05) is 25.7 Å². The van der Waals surface area contributed by atoms with E-state index in [2.05, 4.69) is 15.5 Å². The number of sulfonamides is 1. The van der Waals surface area contributed by atoms with Crippen LogP contribution in [-0.2, 0) is 20.2 Å². The summed E-state index contributed by atoms with van der Waals surface area (Å²) in [5.74, 6) is -0.469. The minimum atomic E-state index is -3.94. The third-order valence-electron chi connectivity index (χ3n) is 4.18. The number of nitrogens with one attached hydrogen (secondary N) is 1. The van der Waals surface area contributed by atoms with E-state index in [4.69, 9.17) is 9.88 Å². The summed E-state index contributed by atoms with van der Waals surface area (Å²) < 4.78 is 28.9. The summed E-state index contributed by atoms with van der Waals surface area (Å²) in [6.07, 6.45) is 0. The number of amides is 1. The van der Waals surface area contributed by atoms with E-state index in [-0.39, 0.29) is 15.9 Å². The fourth-order valence-corrected chi connectivity index (χ4v) is 4.03. The molecule has 1 aliphatic rings. The Hall–Kier alpha value is -2.08. The molecule has 1 amide bonds. The number of anilines is 2. The van der Waals surface area contributed by atoms with Gasteiger partial charge in [-0.3, -0.25) is 10.1 Å². The van der Waals surface area contributed by atoms with Crippen molar-refractivity contribution in [2.75, 3.05) is 36.5 Å². The number of nitrogens with two attached hydrogens (primary N) is 1. The number of hydrogen-bond donors (Lipinski definition) is 2. The predicted molar refractivity (Wildman–Crippen MR) is 107 cm³/mol. The highest BCUT2D eigenvalue weighted by molar-refractivity contribution is 7.89. The summed E-state index contributed by atoms with van der Waals surface area (Å²) in [7, 11) is -3.94. The summed E-state index contributed by atoms with van der Waals surface area (Å²) in [6, 6.07) is 4.29. The van der Waals surface area contributed by atoms with E-state index in [1.165, 1.54) is 23.5 Å². The second kappa shape index (κ2) is 7.74. The molecule has 9 nitrogen and oxygen atoms in total. The topological polar surface area (TPSA) is 128 Å². The number of ether oxygens (including phenoxy) is 1. The standard InChI is InChI=1S/C17H23N5O4S2/c1-17(2,3)15-20-21-16(27-15)19-14(23)12-10-11(28(18,24)25)4-5-13(12)22-6-8-26-9-7-22/h4-5,10H,6-9H2,1-3H3,(H2,18,24,25)(H,19,21,23). The quantitative estimate of drug-likeness (QED) is 0.761. The van der Waals surface area contributed by atoms with Crippen molar-refractivity contribution in [2.45, 2.75) is 31.1 Å². The Kier molecular flexibility index (Phi) is 5.71. The second-order valence-corrected chi connectivity index (χ2v) is 9.98. The molecular weight excluding hydrogens is 402 g/mol. The Balaban J connectivity index is 1.95. The van der Waals surface area contributed by atoms with Gasteiger partial charge < -0.3 is 9.64 Å². The molecule has 0 radical (unpaired) electrons. The highest BCUT2D eigenvalue weighted by Crippen LogP contribution is 2.29. The molecule has 1 saturated heterocycles. The lowest BCUT2D eigenvalue weighted by Gasteiger charge is -2.30. The van der Waals surface area contributed by atoms with E-state index in [0.29, 0.717) is 37.1 Å². The predicted octanol–water partition coefficient (Wildman–Crippen LogP) is 1.57. The normalized spacial score (nSPS) is 15.5. The number of hydrogen-bond acceptors (Lipinski definition) is 8. The molecule has 3 rings (SSSR count). The molecule has 2 aromatic rings. The number of benzene rings is 1. The van der Waals surface area contributed by atoms with Gasteiger partial charge in [-0.1, -0.05) is 32.1 Å². The molecule has 3 N–H and O–H groups in total. The largest absolute Gasteiger partial charge is 0.378 e. The van der Waals surface area contributed by atoms with Crippen molar-refractivity contribution in [3.05, 3.63) is 28.8 Å². The van der Waals surface area contributed by atoms with Gasteiger partial charge in [0.05, 0.1) is 23.7 Å². The van der Waals surface area contributed by atoms with Gasteiger partial charge in [-0.15, -0.1) is 10.2 Å². The van der Waals surface area contributed by atoms with Crippen LogP contribution in [0.3, 0.4) is 0 Å². The molecule has 0 unspecified atom stereocenters. The van der Waals surface area contributed by atoms with E-state index in [1.54, 1.807) is 6.07 Å². The Morgan fingerprint density at radius 3 is 2.50 bits per heavy atom. The Morgan fingerprint density at radius 2 is 1.93 bits per heavy atom. The molecule has 1 aromatic carbocycles. The van der Waals surface area contributed by atoms with Crippen molar-refractivity contribution >= 4 is 38.1 Å². The highest BCUT2D eigenvalue weighted by Gasteiger charge is 2.24. The second-order valence-electron chi connectivity index (χ2n) is 7.44. The molecule has 152 valence electrons. The number of primary sulfonamides is 1. The van der Waals surface area contributed by atoms with Crippen molar-refractivity contribution < 1.29 is 17.9 Å². The zero-order valence-corrected chi connectivity index (χ0v) is 17.6. The lowest BCUT2D eigenvalue weighted by atomic mass is 9.98. The summed E-state index contributed by atoms with van der Waals surface area (Å²) in [6.45, 7) is 8.28. The first-order valence-corrected chi connectivity index (χ1v) is 11.1. The van der Waals surface area contributed by atoms with Crippen molar-refractivity contribution in [3.63, 3.8) is 0 Å². The molecule has 0 spiro atoms. The van der Waals surface area contributed by atoms with Crippen LogP contribution in [0.2, 0.25) is 0 Å². The monoisotopic (exact) mass is 425 g/mol. The van der Waals surface area contributed by atoms with Crippen LogP contribution in [0.1, 0.15) is 36.1 Å². The number of rotatable bonds is 4. The number of aromatic nitrogens is 2. The van der Waals surface area contributed by atoms with Crippen LogP contribution in [0.15, 0.2) is 23.1 Å². The first-order chi connectivity index (χ1) is 13.1. The van der Waals surface area contributed by atoms with Crippen molar-refractivity contribution in [1.29, 1.82) is 0 Å². The smallest absolute Gasteiger partial charge is 0.259 e. The molecular formula is C17H23N5O4S2. The summed E-state index contributed by atoms with van der Waals surface area (Å²) in [5, 5.41) is 17.2. The molecule has 1 aliphatic heterocycles. The first kappa shape index (κ1) is 20.6. The van der Waals surface area contributed by atoms with Crippen molar-refractivity contribution in [3.8, 4) is 0 Å². The van der Waals surface area contributed by atoms with Crippen molar-refractivity contribution in [1.82, 2.24) is 10.2 Å². The fourth-order valence-electron chi connectivity index (χ4n) is 2.70. The molecule has 1 aromatic heterocycles. The lowest BCUT2D eigenvalue weighted by Crippen LogP contribution is -2.37. The third-order valence-corrected chi connectivity index (χ3v) is 6.36. The number of nitrogens with zero attached hydrogens (tertiary/aromatic N) is 3. The lowest BCUT2D eigenvalue weighted by molar-refractivity contribution is 0.102. The SMILES string of the molecule is CC(C)(C)c1nnc(NC(=O)c2cc(S(N)(=O)=O)ccc2N2CCOCC2)s1. The van der Waals surface area contributed by atoms with Gasteiger partial charge in [-0.25, -0.2) is 13.6 Å². The fraction of sp³-hybridized carbons (Fsp3) is 0.471. The summed E-state index contributed by atoms with van der Waals surface area (Å²) in [4.78, 5) is 14.8. The van der Waals surface area contributed by atoms with Gasteiger partial charge in [0.15, 0.2) is 0 Å². The molecule has 1 fully saturated rings. The van der Waals surface area contributed by atoms with E-state index in [0.717, 1.165) is 5.01 Å². The molecule has 28 heavy (non-hydrogen) atoms. The first-order valence-electron chi connectivity index (χ1n) is 8.70. The minimum Gasteiger partial charge on any atom is -0.378 e. The number of carbonyl (C=O) groups excluding carboxylic acids is 1. The maximum atomic E-state index is 12.9. The van der Waals surface area contributed by atoms with Crippen LogP contribution in [0.25, 0.3) is 0 Å². The molecule has 0 saturated carbocycles. The third kappa shape index (κ3) is 4.66. The Bertz CT molecular complexity index is 976. The van der Waals surface area contributed by atoms with Crippen LogP contribution in [0.5, 0.6) is 0 Å². The zero-order chi connectivity index (χ0) is 20.5. The molecule has 0 aliphatic carbocycles. The van der Waals surface area contributed by atoms with Gasteiger partial charge in [0.1, 0.15) is 5.01 Å². The van der Waals surface area contributed by atoms with E-state index >= 15 is 0 Å². The van der Waals surface area contributed by atoms with Gasteiger partial charge in [0.2, 0.25) is 15.2 Å². The molecule has 0 bridgehead atoms. The maximum Gasteiger partial charge on any atom is 0.259 e. The van der Waals surface area contributed by atoms with Gasteiger partial charge in [-0.2, -0.15) is 0 Å². The zero-order valence-electron chi connectivity index (χ0n) is 15.9. The van der Waals surface area contributed by atoms with Crippen LogP contribution >= 0.6 is 11.3 Å². The number of carbonyl (C=O) groups is 1. The summed E-state index contributed by atoms with van der Waals surface area (Å²) >= 11 is 1.28. The maximum absolute atomic E-state index is 12.9. The molecule has 2 heterocycles. The van der Waals surface area contributed by atoms with E-state index in [9.17, 15) is 13.2 Å². The van der Waals surface area contributed by atoms with Crippen LogP contribution in [0, 0.1) is 0 Å².